The van der Waals surface area contributed by atoms with Crippen molar-refractivity contribution >= 4 is 39.9 Å². The molecule has 0 bridgehead atoms. The molecule has 1 aliphatic heterocycles. The molecule has 0 amide bonds. The van der Waals surface area contributed by atoms with E-state index in [0.29, 0.717) is 6.04 Å². The van der Waals surface area contributed by atoms with Gasteiger partial charge in [-0.25, -0.2) is 4.99 Å². The molecule has 1 saturated heterocycles. The molecular weight excluding hydrogens is 326 g/mol. The van der Waals surface area contributed by atoms with Gasteiger partial charge in [0, 0.05) is 18.3 Å². The molecule has 0 atom stereocenters. The van der Waals surface area contributed by atoms with E-state index >= 15 is 0 Å². The summed E-state index contributed by atoms with van der Waals surface area (Å²) in [5, 5.41) is 5.31. The van der Waals surface area contributed by atoms with Crippen molar-refractivity contribution in [2.45, 2.75) is 38.1 Å². The lowest BCUT2D eigenvalue weighted by Gasteiger charge is -2.28. The van der Waals surface area contributed by atoms with Crippen molar-refractivity contribution in [2.75, 3.05) is 19.4 Å². The lowest BCUT2D eigenvalue weighted by atomic mass is 9.96. The molecule has 1 saturated carbocycles. The number of aliphatic imine (C=N–C) groups is 1. The smallest absolute Gasteiger partial charge is 0.175 e. The maximum absolute atomic E-state index is 5.64. The number of hydrogen-bond donors (Lipinski definition) is 1. The first-order valence-corrected chi connectivity index (χ1v) is 9.60. The van der Waals surface area contributed by atoms with E-state index in [1.54, 1.807) is 18.9 Å². The quantitative estimate of drug-likeness (QED) is 0.837. The zero-order chi connectivity index (χ0) is 16.1. The van der Waals surface area contributed by atoms with Gasteiger partial charge in [-0.1, -0.05) is 43.2 Å². The van der Waals surface area contributed by atoms with Crippen LogP contribution in [0.15, 0.2) is 29.3 Å². The topological polar surface area (TPSA) is 36.9 Å². The normalized spacial score (nSPS) is 20.7. The van der Waals surface area contributed by atoms with E-state index in [1.165, 1.54) is 32.1 Å². The summed E-state index contributed by atoms with van der Waals surface area (Å²) in [5.74, 6) is 1.80. The summed E-state index contributed by atoms with van der Waals surface area (Å²) in [6.45, 7) is 0.914. The van der Waals surface area contributed by atoms with E-state index in [-0.39, 0.29) is 0 Å². The van der Waals surface area contributed by atoms with Crippen LogP contribution in [-0.4, -0.2) is 40.6 Å². The van der Waals surface area contributed by atoms with Crippen LogP contribution in [-0.2, 0) is 0 Å². The Morgan fingerprint density at radius 2 is 2.09 bits per heavy atom. The van der Waals surface area contributed by atoms with Crippen LogP contribution in [0.1, 0.15) is 32.1 Å². The van der Waals surface area contributed by atoms with Gasteiger partial charge in [-0.15, -0.1) is 0 Å². The Kier molecular flexibility index (Phi) is 5.78. The lowest BCUT2D eigenvalue weighted by molar-refractivity contribution is 0.406. The van der Waals surface area contributed by atoms with Crippen molar-refractivity contribution < 1.29 is 4.74 Å². The molecule has 0 radical (unpaired) electrons. The monoisotopic (exact) mass is 349 g/mol. The van der Waals surface area contributed by atoms with Crippen molar-refractivity contribution in [3.05, 3.63) is 24.3 Å². The summed E-state index contributed by atoms with van der Waals surface area (Å²) in [6.07, 6.45) is 6.40. The number of rotatable bonds is 3. The predicted molar refractivity (Wildman–Crippen MR) is 102 cm³/mol. The van der Waals surface area contributed by atoms with Gasteiger partial charge in [0.2, 0.25) is 0 Å². The summed E-state index contributed by atoms with van der Waals surface area (Å²) >= 11 is 7.39. The molecule has 1 aliphatic carbocycles. The van der Waals surface area contributed by atoms with E-state index in [0.717, 1.165) is 34.0 Å². The molecule has 1 aromatic rings. The van der Waals surface area contributed by atoms with Gasteiger partial charge in [0.15, 0.2) is 10.3 Å². The second kappa shape index (κ2) is 8.02. The van der Waals surface area contributed by atoms with Gasteiger partial charge in [0.1, 0.15) is 11.4 Å². The Bertz CT molecular complexity index is 585. The third-order valence-corrected chi connectivity index (χ3v) is 5.55. The van der Waals surface area contributed by atoms with Gasteiger partial charge in [-0.3, -0.25) is 4.90 Å². The van der Waals surface area contributed by atoms with Crippen LogP contribution in [0.5, 0.6) is 5.75 Å². The SMILES string of the molecule is COc1ccccc1N=C1SCCN1C(=S)NC1CCCCC1. The lowest BCUT2D eigenvalue weighted by Crippen LogP contribution is -2.45. The second-order valence-corrected chi connectivity index (χ2v) is 7.30. The summed E-state index contributed by atoms with van der Waals surface area (Å²) in [4.78, 5) is 6.90. The Morgan fingerprint density at radius 1 is 1.30 bits per heavy atom. The van der Waals surface area contributed by atoms with Gasteiger partial charge in [-0.05, 0) is 37.2 Å². The molecule has 1 aromatic carbocycles. The minimum absolute atomic E-state index is 0.523. The molecule has 3 rings (SSSR count). The van der Waals surface area contributed by atoms with E-state index < -0.39 is 0 Å². The molecule has 0 spiro atoms. The third kappa shape index (κ3) is 4.18. The van der Waals surface area contributed by atoms with Gasteiger partial charge in [0.25, 0.3) is 0 Å². The number of ether oxygens (including phenoxy) is 1. The Balaban J connectivity index is 1.71. The molecule has 4 nitrogen and oxygen atoms in total. The van der Waals surface area contributed by atoms with Crippen LogP contribution < -0.4 is 10.1 Å². The number of methoxy groups -OCH3 is 1. The van der Waals surface area contributed by atoms with Gasteiger partial charge in [-0.2, -0.15) is 0 Å². The van der Waals surface area contributed by atoms with Crippen LogP contribution in [0.25, 0.3) is 0 Å². The van der Waals surface area contributed by atoms with Crippen LogP contribution in [0.4, 0.5) is 5.69 Å². The Morgan fingerprint density at radius 3 is 2.87 bits per heavy atom. The molecule has 23 heavy (non-hydrogen) atoms. The van der Waals surface area contributed by atoms with Crippen LogP contribution in [0.2, 0.25) is 0 Å². The minimum atomic E-state index is 0.523. The van der Waals surface area contributed by atoms with Crippen molar-refractivity contribution in [2.24, 2.45) is 4.99 Å². The van der Waals surface area contributed by atoms with Crippen molar-refractivity contribution in [1.29, 1.82) is 0 Å². The maximum Gasteiger partial charge on any atom is 0.175 e. The third-order valence-electron chi connectivity index (χ3n) is 4.26. The zero-order valence-electron chi connectivity index (χ0n) is 13.5. The molecule has 6 heteroatoms. The first-order valence-electron chi connectivity index (χ1n) is 8.20. The average molecular weight is 350 g/mol. The van der Waals surface area contributed by atoms with Crippen molar-refractivity contribution in [3.63, 3.8) is 0 Å². The molecule has 0 aromatic heterocycles. The molecule has 0 unspecified atom stereocenters. The fourth-order valence-electron chi connectivity index (χ4n) is 3.01. The molecule has 124 valence electrons. The standard InChI is InChI=1S/C17H23N3OS2/c1-21-15-10-6-5-9-14(15)19-17-20(11-12-23-17)16(22)18-13-7-3-2-4-8-13/h5-6,9-10,13H,2-4,7-8,11-12H2,1H3,(H,18,22). The average Bonchev–Trinajstić information content (AvgIpc) is 3.04. The van der Waals surface area contributed by atoms with E-state index in [2.05, 4.69) is 10.2 Å². The molecule has 2 aliphatic rings. The largest absolute Gasteiger partial charge is 0.494 e. The van der Waals surface area contributed by atoms with Crippen molar-refractivity contribution in [1.82, 2.24) is 10.2 Å². The summed E-state index contributed by atoms with van der Waals surface area (Å²) < 4.78 is 5.39. The highest BCUT2D eigenvalue weighted by molar-refractivity contribution is 8.14. The first-order chi connectivity index (χ1) is 11.3. The Hall–Kier alpha value is -1.27. The predicted octanol–water partition coefficient (Wildman–Crippen LogP) is 3.94. The highest BCUT2D eigenvalue weighted by Gasteiger charge is 2.25. The first kappa shape index (κ1) is 16.6. The summed E-state index contributed by atoms with van der Waals surface area (Å²) in [5.41, 5.74) is 0.852. The highest BCUT2D eigenvalue weighted by Crippen LogP contribution is 2.30. The van der Waals surface area contributed by atoms with E-state index in [4.69, 9.17) is 21.9 Å². The molecule has 1 heterocycles. The van der Waals surface area contributed by atoms with E-state index in [9.17, 15) is 0 Å². The number of para-hydroxylation sites is 2. The van der Waals surface area contributed by atoms with Crippen LogP contribution >= 0.6 is 24.0 Å². The summed E-state index contributed by atoms with van der Waals surface area (Å²) in [6, 6.07) is 8.36. The summed E-state index contributed by atoms with van der Waals surface area (Å²) in [7, 11) is 1.67. The van der Waals surface area contributed by atoms with Crippen LogP contribution in [0, 0.1) is 0 Å². The van der Waals surface area contributed by atoms with Gasteiger partial charge < -0.3 is 10.1 Å². The number of nitrogens with zero attached hydrogens (tertiary/aromatic N) is 2. The second-order valence-electron chi connectivity index (χ2n) is 5.85. The van der Waals surface area contributed by atoms with Crippen LogP contribution in [0.3, 0.4) is 0 Å². The van der Waals surface area contributed by atoms with E-state index in [1.807, 2.05) is 24.3 Å². The minimum Gasteiger partial charge on any atom is -0.494 e. The molecule has 1 N–H and O–H groups in total. The number of thiocarbonyl (C=S) groups is 1. The maximum atomic E-state index is 5.64. The highest BCUT2D eigenvalue weighted by atomic mass is 32.2. The number of nitrogens with one attached hydrogen (secondary N) is 1. The molecule has 2 fully saturated rings. The van der Waals surface area contributed by atoms with Gasteiger partial charge >= 0.3 is 0 Å². The molecular formula is C17H23N3OS2. The van der Waals surface area contributed by atoms with Gasteiger partial charge in [0.05, 0.1) is 7.11 Å². The van der Waals surface area contributed by atoms with Crippen molar-refractivity contribution in [3.8, 4) is 5.75 Å². The zero-order valence-corrected chi connectivity index (χ0v) is 15.1. The number of hydrogen-bond acceptors (Lipinski definition) is 4. The number of amidine groups is 1. The fraction of sp³-hybridized carbons (Fsp3) is 0.529. The Labute approximate surface area is 147 Å². The number of benzene rings is 1. The number of thioether (sulfide) groups is 1. The fourth-order valence-corrected chi connectivity index (χ4v) is 4.37.